The predicted octanol–water partition coefficient (Wildman–Crippen LogP) is 2.63. The molecule has 2 amide bonds. The number of nitrogens with zero attached hydrogens (tertiary/aromatic N) is 2. The second-order valence-electron chi connectivity index (χ2n) is 7.14. The van der Waals surface area contributed by atoms with Crippen LogP contribution in [0.4, 0.5) is 14.5 Å². The molecule has 1 aliphatic heterocycles. The van der Waals surface area contributed by atoms with Crippen molar-refractivity contribution in [2.75, 3.05) is 31.5 Å². The minimum atomic E-state index is -0.773. The lowest BCUT2D eigenvalue weighted by atomic mass is 9.95. The van der Waals surface area contributed by atoms with E-state index in [9.17, 15) is 18.4 Å². The maximum atomic E-state index is 13.9. The topological polar surface area (TPSA) is 52.7 Å². The number of piperazine rings is 1. The number of carbonyl (C=O) groups excluding carboxylic acids is 2. The first-order chi connectivity index (χ1) is 12.5. The average molecular weight is 365 g/mol. The van der Waals surface area contributed by atoms with E-state index >= 15 is 0 Å². The number of hydrogen-bond acceptors (Lipinski definition) is 3. The Balaban J connectivity index is 1.73. The normalized spacial score (nSPS) is 20.2. The van der Waals surface area contributed by atoms with Crippen molar-refractivity contribution < 1.29 is 18.4 Å². The molecule has 0 radical (unpaired) electrons. The average Bonchev–Trinajstić information content (AvgIpc) is 3.12. The van der Waals surface area contributed by atoms with E-state index in [0.29, 0.717) is 26.2 Å². The molecule has 1 saturated carbocycles. The van der Waals surface area contributed by atoms with Gasteiger partial charge in [0.1, 0.15) is 11.6 Å². The lowest BCUT2D eigenvalue weighted by molar-refractivity contribution is -0.132. The molecule has 3 rings (SSSR count). The van der Waals surface area contributed by atoms with Gasteiger partial charge in [0.05, 0.1) is 11.7 Å². The van der Waals surface area contributed by atoms with E-state index in [1.54, 1.807) is 11.8 Å². The lowest BCUT2D eigenvalue weighted by Crippen LogP contribution is -2.56. The van der Waals surface area contributed by atoms with Gasteiger partial charge in [-0.05, 0) is 30.9 Å². The number of halogens is 2. The highest BCUT2D eigenvalue weighted by Crippen LogP contribution is 2.32. The van der Waals surface area contributed by atoms with Crippen molar-refractivity contribution in [2.24, 2.45) is 5.92 Å². The maximum Gasteiger partial charge on any atom is 0.242 e. The smallest absolute Gasteiger partial charge is 0.242 e. The van der Waals surface area contributed by atoms with Gasteiger partial charge in [0.2, 0.25) is 11.8 Å². The van der Waals surface area contributed by atoms with E-state index in [1.807, 2.05) is 0 Å². The van der Waals surface area contributed by atoms with Gasteiger partial charge in [-0.15, -0.1) is 0 Å². The fraction of sp³-hybridized carbons (Fsp3) is 0.579. The van der Waals surface area contributed by atoms with Gasteiger partial charge < -0.3 is 10.2 Å². The summed E-state index contributed by atoms with van der Waals surface area (Å²) in [7, 11) is 0. The molecule has 1 aliphatic carbocycles. The van der Waals surface area contributed by atoms with Gasteiger partial charge in [-0.3, -0.25) is 14.5 Å². The highest BCUT2D eigenvalue weighted by atomic mass is 19.1. The van der Waals surface area contributed by atoms with Crippen LogP contribution in [-0.2, 0) is 9.59 Å². The molecule has 0 bridgehead atoms. The number of nitrogens with one attached hydrogen (secondary N) is 1. The summed E-state index contributed by atoms with van der Waals surface area (Å²) in [6, 6.07) is 2.80. The molecule has 0 aromatic heterocycles. The number of hydrogen-bond donors (Lipinski definition) is 1. The third-order valence-corrected chi connectivity index (χ3v) is 5.46. The molecule has 1 atom stereocenters. The fourth-order valence-electron chi connectivity index (χ4n) is 4.06. The van der Waals surface area contributed by atoms with Crippen LogP contribution in [0.2, 0.25) is 0 Å². The zero-order chi connectivity index (χ0) is 18.7. The Morgan fingerprint density at radius 2 is 1.77 bits per heavy atom. The van der Waals surface area contributed by atoms with Crippen molar-refractivity contribution in [1.29, 1.82) is 0 Å². The first-order valence-corrected chi connectivity index (χ1v) is 9.21. The Kier molecular flexibility index (Phi) is 5.86. The second kappa shape index (κ2) is 8.12. The molecular formula is C19H25F2N3O2. The van der Waals surface area contributed by atoms with Gasteiger partial charge in [-0.1, -0.05) is 12.8 Å². The summed E-state index contributed by atoms with van der Waals surface area (Å²) in [5.74, 6) is -1.43. The Morgan fingerprint density at radius 3 is 2.35 bits per heavy atom. The fourth-order valence-corrected chi connectivity index (χ4v) is 4.06. The molecule has 7 heteroatoms. The summed E-state index contributed by atoms with van der Waals surface area (Å²) in [6.07, 6.45) is 4.12. The number of benzene rings is 1. The first kappa shape index (κ1) is 18.8. The van der Waals surface area contributed by atoms with Crippen LogP contribution in [-0.4, -0.2) is 53.8 Å². The van der Waals surface area contributed by atoms with E-state index in [-0.39, 0.29) is 29.5 Å². The van der Waals surface area contributed by atoms with E-state index in [4.69, 9.17) is 0 Å². The highest BCUT2D eigenvalue weighted by molar-refractivity contribution is 5.95. The van der Waals surface area contributed by atoms with Gasteiger partial charge in [0.15, 0.2) is 0 Å². The SMILES string of the molecule is CC(=O)N1CCN(C(C(=O)Nc2ccc(F)cc2F)C2CCCC2)CC1. The van der Waals surface area contributed by atoms with E-state index in [0.717, 1.165) is 37.8 Å². The molecule has 1 aromatic rings. The molecule has 1 unspecified atom stereocenters. The van der Waals surface area contributed by atoms with Crippen LogP contribution in [0.3, 0.4) is 0 Å². The number of rotatable bonds is 4. The summed E-state index contributed by atoms with van der Waals surface area (Å²) >= 11 is 0. The lowest BCUT2D eigenvalue weighted by Gasteiger charge is -2.40. The number of carbonyl (C=O) groups is 2. The monoisotopic (exact) mass is 365 g/mol. The van der Waals surface area contributed by atoms with Crippen LogP contribution in [0.5, 0.6) is 0 Å². The van der Waals surface area contributed by atoms with Gasteiger partial charge in [0, 0.05) is 39.2 Å². The summed E-state index contributed by atoms with van der Waals surface area (Å²) in [4.78, 5) is 28.4. The molecule has 1 saturated heterocycles. The Hall–Kier alpha value is -2.02. The first-order valence-electron chi connectivity index (χ1n) is 9.21. The summed E-state index contributed by atoms with van der Waals surface area (Å²) in [5.41, 5.74) is 0.00164. The molecule has 2 aliphatic rings. The van der Waals surface area contributed by atoms with Crippen LogP contribution in [0.15, 0.2) is 18.2 Å². The summed E-state index contributed by atoms with van der Waals surface area (Å²) in [5, 5.41) is 2.64. The molecule has 142 valence electrons. The standard InChI is InChI=1S/C19H25F2N3O2/c1-13(25)23-8-10-24(11-9-23)18(14-4-2-3-5-14)19(26)22-17-7-6-15(20)12-16(17)21/h6-7,12,14,18H,2-5,8-11H2,1H3,(H,22,26). The van der Waals surface area contributed by atoms with E-state index < -0.39 is 11.6 Å². The van der Waals surface area contributed by atoms with Crippen molar-refractivity contribution in [3.05, 3.63) is 29.8 Å². The number of amides is 2. The molecule has 1 N–H and O–H groups in total. The highest BCUT2D eigenvalue weighted by Gasteiger charge is 2.37. The van der Waals surface area contributed by atoms with E-state index in [2.05, 4.69) is 10.2 Å². The minimum absolute atomic E-state index is 0.00164. The quantitative estimate of drug-likeness (QED) is 0.892. The third-order valence-electron chi connectivity index (χ3n) is 5.46. The Labute approximate surface area is 152 Å². The van der Waals surface area contributed by atoms with Crippen molar-refractivity contribution in [1.82, 2.24) is 9.80 Å². The largest absolute Gasteiger partial charge is 0.340 e. The number of anilines is 1. The van der Waals surface area contributed by atoms with Gasteiger partial charge in [-0.25, -0.2) is 8.78 Å². The van der Waals surface area contributed by atoms with Crippen molar-refractivity contribution in [3.8, 4) is 0 Å². The van der Waals surface area contributed by atoms with Gasteiger partial charge in [-0.2, -0.15) is 0 Å². The Morgan fingerprint density at radius 1 is 1.12 bits per heavy atom. The van der Waals surface area contributed by atoms with Crippen LogP contribution in [0.1, 0.15) is 32.6 Å². The summed E-state index contributed by atoms with van der Waals surface area (Å²) < 4.78 is 27.0. The zero-order valence-electron chi connectivity index (χ0n) is 15.0. The van der Waals surface area contributed by atoms with Crippen molar-refractivity contribution in [3.63, 3.8) is 0 Å². The third kappa shape index (κ3) is 4.20. The van der Waals surface area contributed by atoms with Gasteiger partial charge in [0.25, 0.3) is 0 Å². The molecule has 26 heavy (non-hydrogen) atoms. The van der Waals surface area contributed by atoms with E-state index in [1.165, 1.54) is 6.07 Å². The predicted molar refractivity (Wildman–Crippen MR) is 94.6 cm³/mol. The van der Waals surface area contributed by atoms with Crippen molar-refractivity contribution >= 4 is 17.5 Å². The maximum absolute atomic E-state index is 13.9. The Bertz CT molecular complexity index is 669. The molecule has 1 heterocycles. The molecule has 0 spiro atoms. The van der Waals surface area contributed by atoms with Crippen LogP contribution in [0.25, 0.3) is 0 Å². The summed E-state index contributed by atoms with van der Waals surface area (Å²) in [6.45, 7) is 3.99. The van der Waals surface area contributed by atoms with Crippen LogP contribution < -0.4 is 5.32 Å². The zero-order valence-corrected chi connectivity index (χ0v) is 15.0. The molecular weight excluding hydrogens is 340 g/mol. The molecule has 1 aromatic carbocycles. The van der Waals surface area contributed by atoms with Crippen LogP contribution >= 0.6 is 0 Å². The minimum Gasteiger partial charge on any atom is -0.340 e. The van der Waals surface area contributed by atoms with Crippen molar-refractivity contribution in [2.45, 2.75) is 38.6 Å². The molecule has 2 fully saturated rings. The molecule has 5 nitrogen and oxygen atoms in total. The van der Waals surface area contributed by atoms with Gasteiger partial charge >= 0.3 is 0 Å². The van der Waals surface area contributed by atoms with Crippen LogP contribution in [0, 0.1) is 17.6 Å². The second-order valence-corrected chi connectivity index (χ2v) is 7.14.